The van der Waals surface area contributed by atoms with E-state index in [0.717, 1.165) is 46.0 Å². The predicted octanol–water partition coefficient (Wildman–Crippen LogP) is 6.02. The van der Waals surface area contributed by atoms with Crippen LogP contribution in [0.15, 0.2) is 66.7 Å². The lowest BCUT2D eigenvalue weighted by Crippen LogP contribution is -2.16. The number of anilines is 4. The molecular weight excluding hydrogens is 448 g/mol. The summed E-state index contributed by atoms with van der Waals surface area (Å²) < 4.78 is 27.2. The zero-order chi connectivity index (χ0) is 24.1. The zero-order valence-corrected chi connectivity index (χ0v) is 20.1. The first-order valence-corrected chi connectivity index (χ1v) is 13.0. The van der Waals surface area contributed by atoms with Crippen LogP contribution in [-0.2, 0) is 14.8 Å². The number of benzene rings is 3. The van der Waals surface area contributed by atoms with E-state index in [-0.39, 0.29) is 11.7 Å². The number of pyridine rings is 1. The van der Waals surface area contributed by atoms with Crippen LogP contribution in [0.3, 0.4) is 0 Å². The van der Waals surface area contributed by atoms with Crippen LogP contribution in [0.4, 0.5) is 22.7 Å². The van der Waals surface area contributed by atoms with Crippen LogP contribution < -0.4 is 15.4 Å². The van der Waals surface area contributed by atoms with E-state index in [1.807, 2.05) is 55.5 Å². The summed E-state index contributed by atoms with van der Waals surface area (Å²) in [6, 6.07) is 20.7. The molecule has 0 atom stereocenters. The number of carbonyl (C=O) groups excluding carboxylic acids is 1. The summed E-state index contributed by atoms with van der Waals surface area (Å²) in [5.41, 5.74) is 4.35. The molecule has 0 bridgehead atoms. The van der Waals surface area contributed by atoms with Crippen molar-refractivity contribution in [2.24, 2.45) is 0 Å². The third-order valence-electron chi connectivity index (χ3n) is 5.41. The molecule has 1 aromatic heterocycles. The Morgan fingerprint density at radius 3 is 2.35 bits per heavy atom. The van der Waals surface area contributed by atoms with Gasteiger partial charge in [-0.25, -0.2) is 13.4 Å². The Balaban J connectivity index is 1.62. The number of hydrogen-bond donors (Lipinski definition) is 3. The Kier molecular flexibility index (Phi) is 6.98. The van der Waals surface area contributed by atoms with Gasteiger partial charge in [-0.05, 0) is 55.0 Å². The van der Waals surface area contributed by atoms with Crippen molar-refractivity contribution in [3.63, 3.8) is 0 Å². The quantitative estimate of drug-likeness (QED) is 0.203. The number of nitrogens with zero attached hydrogens (tertiary/aromatic N) is 1. The summed E-state index contributed by atoms with van der Waals surface area (Å²) in [6.07, 6.45) is 2.50. The number of fused-ring (bicyclic) bond motifs is 2. The second-order valence-corrected chi connectivity index (χ2v) is 10.1. The Morgan fingerprint density at radius 1 is 0.882 bits per heavy atom. The minimum atomic E-state index is -3.36. The van der Waals surface area contributed by atoms with E-state index in [0.29, 0.717) is 17.8 Å². The van der Waals surface area contributed by atoms with Gasteiger partial charge in [0.05, 0.1) is 22.5 Å². The maximum Gasteiger partial charge on any atom is 0.232 e. The third-order valence-corrected chi connectivity index (χ3v) is 6.78. The average Bonchev–Trinajstić information content (AvgIpc) is 2.79. The summed E-state index contributed by atoms with van der Waals surface area (Å²) in [5.74, 6) is -0.0503. The standard InChI is InChI=1S/C26H28N4O3S/c1-3-4-7-14-34(32,33)30-21-12-10-20(11-13-21)28-25-16-22(27-18(2)31)17-26-23(25)15-19-8-5-6-9-24(19)29-26/h5-6,8-13,15-17,28,30H,3-4,7,14H2,1-2H3,(H,27,31). The van der Waals surface area contributed by atoms with Gasteiger partial charge in [0.25, 0.3) is 0 Å². The number of aromatic nitrogens is 1. The van der Waals surface area contributed by atoms with Crippen LogP contribution in [0.1, 0.15) is 33.1 Å². The fourth-order valence-electron chi connectivity index (χ4n) is 3.81. The maximum atomic E-state index is 12.3. The van der Waals surface area contributed by atoms with Gasteiger partial charge in [0.1, 0.15) is 0 Å². The molecule has 3 aromatic carbocycles. The minimum absolute atomic E-state index is 0.115. The summed E-state index contributed by atoms with van der Waals surface area (Å²) in [7, 11) is -3.36. The van der Waals surface area contributed by atoms with Crippen molar-refractivity contribution in [2.45, 2.75) is 33.1 Å². The highest BCUT2D eigenvalue weighted by molar-refractivity contribution is 7.92. The van der Waals surface area contributed by atoms with Crippen LogP contribution in [-0.4, -0.2) is 25.1 Å². The second kappa shape index (κ2) is 10.1. The first-order chi connectivity index (χ1) is 16.3. The van der Waals surface area contributed by atoms with Gasteiger partial charge in [-0.1, -0.05) is 38.0 Å². The van der Waals surface area contributed by atoms with Crippen molar-refractivity contribution in [2.75, 3.05) is 21.1 Å². The molecule has 1 amide bonds. The van der Waals surface area contributed by atoms with Crippen molar-refractivity contribution in [3.05, 3.63) is 66.7 Å². The lowest BCUT2D eigenvalue weighted by Gasteiger charge is -2.14. The van der Waals surface area contributed by atoms with Gasteiger partial charge in [-0.3, -0.25) is 9.52 Å². The highest BCUT2D eigenvalue weighted by atomic mass is 32.2. The molecule has 4 aromatic rings. The molecule has 1 heterocycles. The van der Waals surface area contributed by atoms with E-state index in [2.05, 4.69) is 21.4 Å². The highest BCUT2D eigenvalue weighted by Gasteiger charge is 2.11. The lowest BCUT2D eigenvalue weighted by atomic mass is 10.1. The summed E-state index contributed by atoms with van der Waals surface area (Å²) in [6.45, 7) is 3.51. The monoisotopic (exact) mass is 476 g/mol. The van der Waals surface area contributed by atoms with E-state index >= 15 is 0 Å². The van der Waals surface area contributed by atoms with E-state index < -0.39 is 10.0 Å². The molecule has 0 unspecified atom stereocenters. The van der Waals surface area contributed by atoms with Crippen LogP contribution in [0.2, 0.25) is 0 Å². The van der Waals surface area contributed by atoms with Gasteiger partial charge in [0, 0.05) is 34.8 Å². The Morgan fingerprint density at radius 2 is 1.62 bits per heavy atom. The molecule has 0 fully saturated rings. The molecule has 7 nitrogen and oxygen atoms in total. The van der Waals surface area contributed by atoms with Gasteiger partial charge in [0.15, 0.2) is 0 Å². The molecule has 176 valence electrons. The van der Waals surface area contributed by atoms with E-state index in [1.165, 1.54) is 6.92 Å². The molecular formula is C26H28N4O3S. The molecule has 0 spiro atoms. The summed E-state index contributed by atoms with van der Waals surface area (Å²) >= 11 is 0. The molecule has 8 heteroatoms. The summed E-state index contributed by atoms with van der Waals surface area (Å²) in [4.78, 5) is 16.4. The van der Waals surface area contributed by atoms with Gasteiger partial charge in [0.2, 0.25) is 15.9 Å². The number of hydrogen-bond acceptors (Lipinski definition) is 5. The van der Waals surface area contributed by atoms with Crippen molar-refractivity contribution in [1.82, 2.24) is 4.98 Å². The van der Waals surface area contributed by atoms with Crippen molar-refractivity contribution >= 4 is 60.5 Å². The number of nitrogens with one attached hydrogen (secondary N) is 3. The van der Waals surface area contributed by atoms with Crippen LogP contribution in [0, 0.1) is 0 Å². The number of amides is 1. The molecule has 0 aliphatic carbocycles. The molecule has 0 saturated heterocycles. The van der Waals surface area contributed by atoms with Gasteiger partial charge in [-0.15, -0.1) is 0 Å². The predicted molar refractivity (Wildman–Crippen MR) is 140 cm³/mol. The topological polar surface area (TPSA) is 100 Å². The summed E-state index contributed by atoms with van der Waals surface area (Å²) in [5, 5.41) is 8.14. The van der Waals surface area contributed by atoms with Gasteiger partial charge < -0.3 is 10.6 Å². The molecule has 4 rings (SSSR count). The molecule has 0 aliphatic rings. The van der Waals surface area contributed by atoms with Crippen LogP contribution in [0.25, 0.3) is 21.8 Å². The zero-order valence-electron chi connectivity index (χ0n) is 19.3. The Bertz CT molecular complexity index is 1430. The number of sulfonamides is 1. The van der Waals surface area contributed by atoms with E-state index in [1.54, 1.807) is 12.1 Å². The van der Waals surface area contributed by atoms with Crippen LogP contribution in [0.5, 0.6) is 0 Å². The maximum absolute atomic E-state index is 12.3. The second-order valence-electron chi connectivity index (χ2n) is 8.28. The number of carbonyl (C=O) groups is 1. The minimum Gasteiger partial charge on any atom is -0.355 e. The van der Waals surface area contributed by atoms with Crippen LogP contribution >= 0.6 is 0 Å². The lowest BCUT2D eigenvalue weighted by molar-refractivity contribution is -0.114. The van der Waals surface area contributed by atoms with E-state index in [4.69, 9.17) is 4.98 Å². The number of rotatable bonds is 9. The fraction of sp³-hybridized carbons (Fsp3) is 0.231. The average molecular weight is 477 g/mol. The third kappa shape index (κ3) is 5.82. The van der Waals surface area contributed by atoms with Crippen molar-refractivity contribution < 1.29 is 13.2 Å². The van der Waals surface area contributed by atoms with Gasteiger partial charge in [-0.2, -0.15) is 0 Å². The van der Waals surface area contributed by atoms with Crippen molar-refractivity contribution in [1.29, 1.82) is 0 Å². The highest BCUT2D eigenvalue weighted by Crippen LogP contribution is 2.32. The first kappa shape index (κ1) is 23.5. The van der Waals surface area contributed by atoms with E-state index in [9.17, 15) is 13.2 Å². The SMILES string of the molecule is CCCCCS(=O)(=O)Nc1ccc(Nc2cc(NC(C)=O)cc3nc4ccccc4cc23)cc1. The Hall–Kier alpha value is -3.65. The normalized spacial score (nSPS) is 11.5. The van der Waals surface area contributed by atoms with Crippen molar-refractivity contribution in [3.8, 4) is 0 Å². The van der Waals surface area contributed by atoms with Gasteiger partial charge >= 0.3 is 0 Å². The largest absolute Gasteiger partial charge is 0.355 e. The first-order valence-electron chi connectivity index (χ1n) is 11.3. The smallest absolute Gasteiger partial charge is 0.232 e. The number of unbranched alkanes of at least 4 members (excludes halogenated alkanes) is 2. The molecule has 34 heavy (non-hydrogen) atoms. The molecule has 3 N–H and O–H groups in total. The molecule has 0 aliphatic heterocycles. The molecule has 0 saturated carbocycles. The number of para-hydroxylation sites is 1. The molecule has 0 radical (unpaired) electrons. The Labute approximate surface area is 199 Å². The fourth-order valence-corrected chi connectivity index (χ4v) is 4.99.